The van der Waals surface area contributed by atoms with Crippen molar-refractivity contribution in [3.05, 3.63) is 69.8 Å². The number of nitro benzene ring substituents is 1. The number of phenolic OH excluding ortho intramolecular Hbond substituents is 1. The molecule has 2 aromatic rings. The van der Waals surface area contributed by atoms with Crippen molar-refractivity contribution in [3.8, 4) is 5.75 Å². The third kappa shape index (κ3) is 3.45. The van der Waals surface area contributed by atoms with Gasteiger partial charge in [0.2, 0.25) is 0 Å². The summed E-state index contributed by atoms with van der Waals surface area (Å²) >= 11 is 0. The zero-order chi connectivity index (χ0) is 16.1. The van der Waals surface area contributed by atoms with Crippen molar-refractivity contribution in [2.24, 2.45) is 5.10 Å². The second-order valence-electron chi connectivity index (χ2n) is 4.46. The fraction of sp³-hybridized carbons (Fsp3) is 0.0667. The van der Waals surface area contributed by atoms with Crippen LogP contribution in [-0.4, -0.2) is 21.6 Å². The van der Waals surface area contributed by atoms with Gasteiger partial charge in [0, 0.05) is 6.07 Å². The largest absolute Gasteiger partial charge is 0.508 e. The van der Waals surface area contributed by atoms with Crippen LogP contribution in [0.2, 0.25) is 0 Å². The molecule has 7 heteroatoms. The molecule has 0 atom stereocenters. The lowest BCUT2D eigenvalue weighted by atomic mass is 10.1. The molecule has 7 nitrogen and oxygen atoms in total. The van der Waals surface area contributed by atoms with Crippen molar-refractivity contribution in [2.45, 2.75) is 6.92 Å². The van der Waals surface area contributed by atoms with E-state index >= 15 is 0 Å². The lowest BCUT2D eigenvalue weighted by Gasteiger charge is -2.04. The van der Waals surface area contributed by atoms with Crippen molar-refractivity contribution in [1.29, 1.82) is 0 Å². The molecule has 0 fully saturated rings. The van der Waals surface area contributed by atoms with Gasteiger partial charge < -0.3 is 5.11 Å². The summed E-state index contributed by atoms with van der Waals surface area (Å²) in [5, 5.41) is 24.0. The molecule has 0 radical (unpaired) electrons. The molecule has 0 saturated carbocycles. The molecule has 22 heavy (non-hydrogen) atoms. The van der Waals surface area contributed by atoms with Crippen molar-refractivity contribution in [1.82, 2.24) is 5.43 Å². The van der Waals surface area contributed by atoms with Gasteiger partial charge in [-0.1, -0.05) is 12.1 Å². The van der Waals surface area contributed by atoms with E-state index in [0.717, 1.165) is 0 Å². The number of para-hydroxylation sites is 1. The number of carbonyl (C=O) groups excluding carboxylic acids is 1. The summed E-state index contributed by atoms with van der Waals surface area (Å²) < 4.78 is 0. The Bertz CT molecular complexity index is 739. The van der Waals surface area contributed by atoms with Crippen LogP contribution in [0.3, 0.4) is 0 Å². The number of hydrogen-bond donors (Lipinski definition) is 2. The summed E-state index contributed by atoms with van der Waals surface area (Å²) in [6.45, 7) is 1.67. The summed E-state index contributed by atoms with van der Waals surface area (Å²) in [7, 11) is 0. The lowest BCUT2D eigenvalue weighted by molar-refractivity contribution is -0.385. The molecule has 0 aliphatic carbocycles. The molecular weight excluding hydrogens is 286 g/mol. The normalized spacial score (nSPS) is 11.0. The highest BCUT2D eigenvalue weighted by molar-refractivity contribution is 6.02. The molecule has 2 aromatic carbocycles. The van der Waals surface area contributed by atoms with Crippen molar-refractivity contribution in [2.75, 3.05) is 0 Å². The second kappa shape index (κ2) is 6.49. The number of aromatic hydroxyl groups is 1. The average Bonchev–Trinajstić information content (AvgIpc) is 2.53. The van der Waals surface area contributed by atoms with Gasteiger partial charge in [-0.3, -0.25) is 14.9 Å². The van der Waals surface area contributed by atoms with Crippen molar-refractivity contribution < 1.29 is 14.8 Å². The molecular formula is C15H13N3O4. The van der Waals surface area contributed by atoms with Gasteiger partial charge in [-0.25, -0.2) is 5.43 Å². The molecule has 0 aliphatic rings. The van der Waals surface area contributed by atoms with Gasteiger partial charge in [0.25, 0.3) is 11.6 Å². The summed E-state index contributed by atoms with van der Waals surface area (Å²) in [6.07, 6.45) is 0. The van der Waals surface area contributed by atoms with Crippen LogP contribution in [0.25, 0.3) is 0 Å². The fourth-order valence-electron chi connectivity index (χ4n) is 1.79. The van der Waals surface area contributed by atoms with Crippen LogP contribution in [0.5, 0.6) is 5.75 Å². The van der Waals surface area contributed by atoms with Gasteiger partial charge >= 0.3 is 0 Å². The van der Waals surface area contributed by atoms with Crippen molar-refractivity contribution >= 4 is 17.3 Å². The van der Waals surface area contributed by atoms with E-state index < -0.39 is 10.8 Å². The number of nitrogens with zero attached hydrogens (tertiary/aromatic N) is 2. The number of carbonyl (C=O) groups is 1. The quantitative estimate of drug-likeness (QED) is 0.514. The first kappa shape index (κ1) is 15.2. The maximum atomic E-state index is 12.0. The number of rotatable bonds is 4. The summed E-state index contributed by atoms with van der Waals surface area (Å²) in [4.78, 5) is 22.3. The highest BCUT2D eigenvalue weighted by Gasteiger charge is 2.18. The van der Waals surface area contributed by atoms with Gasteiger partial charge in [0.05, 0.1) is 10.6 Å². The van der Waals surface area contributed by atoms with E-state index in [4.69, 9.17) is 0 Å². The first-order valence-electron chi connectivity index (χ1n) is 6.36. The predicted molar refractivity (Wildman–Crippen MR) is 80.9 cm³/mol. The number of phenols is 1. The Labute approximate surface area is 126 Å². The molecule has 0 bridgehead atoms. The topological polar surface area (TPSA) is 105 Å². The Morgan fingerprint density at radius 1 is 1.18 bits per heavy atom. The van der Waals surface area contributed by atoms with Gasteiger partial charge in [-0.15, -0.1) is 0 Å². The van der Waals surface area contributed by atoms with Crippen LogP contribution in [-0.2, 0) is 0 Å². The number of amides is 1. The van der Waals surface area contributed by atoms with E-state index in [2.05, 4.69) is 10.5 Å². The predicted octanol–water partition coefficient (Wildman–Crippen LogP) is 2.45. The molecule has 112 valence electrons. The van der Waals surface area contributed by atoms with Gasteiger partial charge in [0.1, 0.15) is 11.3 Å². The highest BCUT2D eigenvalue weighted by atomic mass is 16.6. The van der Waals surface area contributed by atoms with E-state index in [9.17, 15) is 20.0 Å². The minimum atomic E-state index is -0.662. The number of hydrazone groups is 1. The number of benzene rings is 2. The molecule has 0 aromatic heterocycles. The maximum absolute atomic E-state index is 12.0. The number of hydrogen-bond acceptors (Lipinski definition) is 5. The minimum Gasteiger partial charge on any atom is -0.508 e. The minimum absolute atomic E-state index is 0.0604. The lowest BCUT2D eigenvalue weighted by Crippen LogP contribution is -2.20. The fourth-order valence-corrected chi connectivity index (χ4v) is 1.79. The van der Waals surface area contributed by atoms with Crippen LogP contribution in [0.4, 0.5) is 5.69 Å². The zero-order valence-electron chi connectivity index (χ0n) is 11.7. The first-order valence-corrected chi connectivity index (χ1v) is 6.36. The third-order valence-electron chi connectivity index (χ3n) is 2.96. The Hall–Kier alpha value is -3.22. The second-order valence-corrected chi connectivity index (χ2v) is 4.46. The third-order valence-corrected chi connectivity index (χ3v) is 2.96. The molecule has 2 N–H and O–H groups in total. The van der Waals surface area contributed by atoms with Gasteiger partial charge in [-0.2, -0.15) is 5.10 Å². The Morgan fingerprint density at radius 3 is 2.45 bits per heavy atom. The van der Waals surface area contributed by atoms with E-state index in [1.165, 1.54) is 30.3 Å². The van der Waals surface area contributed by atoms with Crippen LogP contribution in [0.15, 0.2) is 53.6 Å². The van der Waals surface area contributed by atoms with Gasteiger partial charge in [0.15, 0.2) is 0 Å². The molecule has 1 amide bonds. The molecule has 2 rings (SSSR count). The zero-order valence-corrected chi connectivity index (χ0v) is 11.7. The SMILES string of the molecule is C/C(=N/NC(=O)c1ccccc1[N+](=O)[O-])c1ccc(O)cc1. The van der Waals surface area contributed by atoms with E-state index in [0.29, 0.717) is 11.3 Å². The van der Waals surface area contributed by atoms with E-state index in [-0.39, 0.29) is 17.0 Å². The van der Waals surface area contributed by atoms with Crippen molar-refractivity contribution in [3.63, 3.8) is 0 Å². The van der Waals surface area contributed by atoms with Gasteiger partial charge in [-0.05, 0) is 42.8 Å². The highest BCUT2D eigenvalue weighted by Crippen LogP contribution is 2.17. The Kier molecular flexibility index (Phi) is 4.47. The summed E-state index contributed by atoms with van der Waals surface area (Å²) in [5.41, 5.74) is 3.16. The van der Waals surface area contributed by atoms with Crippen LogP contribution < -0.4 is 5.43 Å². The standard InChI is InChI=1S/C15H13N3O4/c1-10(11-6-8-12(19)9-7-11)16-17-15(20)13-4-2-3-5-14(13)18(21)22/h2-9,19H,1H3,(H,17,20)/b16-10-. The molecule has 0 heterocycles. The summed E-state index contributed by atoms with van der Waals surface area (Å²) in [5.74, 6) is -0.536. The maximum Gasteiger partial charge on any atom is 0.282 e. The van der Waals surface area contributed by atoms with Crippen LogP contribution >= 0.6 is 0 Å². The Balaban J connectivity index is 2.17. The van der Waals surface area contributed by atoms with E-state index in [1.54, 1.807) is 25.1 Å². The number of nitrogens with one attached hydrogen (secondary N) is 1. The first-order chi connectivity index (χ1) is 10.5. The number of nitro groups is 1. The van der Waals surface area contributed by atoms with Crippen LogP contribution in [0.1, 0.15) is 22.8 Å². The monoisotopic (exact) mass is 299 g/mol. The van der Waals surface area contributed by atoms with Crippen LogP contribution in [0, 0.1) is 10.1 Å². The molecule has 0 spiro atoms. The molecule has 0 aliphatic heterocycles. The Morgan fingerprint density at radius 2 is 1.82 bits per heavy atom. The average molecular weight is 299 g/mol. The molecule has 0 unspecified atom stereocenters. The summed E-state index contributed by atoms with van der Waals surface area (Å²) in [6, 6.07) is 11.9. The smallest absolute Gasteiger partial charge is 0.282 e. The molecule has 0 saturated heterocycles. The van der Waals surface area contributed by atoms with E-state index in [1.807, 2.05) is 0 Å².